The van der Waals surface area contributed by atoms with Gasteiger partial charge in [-0.15, -0.1) is 0 Å². The summed E-state index contributed by atoms with van der Waals surface area (Å²) in [6.45, 7) is 3.29. The number of hydrogen-bond acceptors (Lipinski definition) is 3. The first-order chi connectivity index (χ1) is 9.58. The van der Waals surface area contributed by atoms with Gasteiger partial charge in [-0.05, 0) is 31.6 Å². The number of rotatable bonds is 3. The molecule has 0 radical (unpaired) electrons. The molecule has 1 atom stereocenters. The topological polar surface area (TPSA) is 70.1 Å². The molecule has 1 N–H and O–H groups in total. The van der Waals surface area contributed by atoms with E-state index in [1.807, 2.05) is 7.05 Å². The molecule has 6 heteroatoms. The molecule has 0 aliphatic carbocycles. The Morgan fingerprint density at radius 3 is 2.65 bits per heavy atom. The van der Waals surface area contributed by atoms with Gasteiger partial charge >= 0.3 is 12.0 Å². The summed E-state index contributed by atoms with van der Waals surface area (Å²) in [5.74, 6) is -0.712. The number of aliphatic carboxylic acids is 1. The van der Waals surface area contributed by atoms with E-state index in [0.29, 0.717) is 25.4 Å². The van der Waals surface area contributed by atoms with Gasteiger partial charge < -0.3 is 19.6 Å². The Balaban J connectivity index is 1.84. The molecule has 0 bridgehead atoms. The second kappa shape index (κ2) is 6.92. The lowest BCUT2D eigenvalue weighted by Gasteiger charge is -2.35. The number of likely N-dealkylation sites (tertiary alicyclic amines) is 1. The number of ether oxygens (including phenoxy) is 1. The molecule has 0 spiro atoms. The molecule has 6 nitrogen and oxygen atoms in total. The summed E-state index contributed by atoms with van der Waals surface area (Å²) in [7, 11) is 1.81. The van der Waals surface area contributed by atoms with Gasteiger partial charge in [0.05, 0.1) is 5.92 Å². The van der Waals surface area contributed by atoms with E-state index in [0.717, 1.165) is 39.0 Å². The highest BCUT2D eigenvalue weighted by atomic mass is 16.5. The van der Waals surface area contributed by atoms with E-state index < -0.39 is 11.9 Å². The van der Waals surface area contributed by atoms with E-state index in [1.54, 1.807) is 9.80 Å². The molecule has 2 fully saturated rings. The number of piperidine rings is 1. The van der Waals surface area contributed by atoms with E-state index in [9.17, 15) is 9.59 Å². The highest BCUT2D eigenvalue weighted by molar-refractivity contribution is 5.76. The van der Waals surface area contributed by atoms with Crippen LogP contribution in [-0.2, 0) is 9.53 Å². The summed E-state index contributed by atoms with van der Waals surface area (Å²) >= 11 is 0. The average molecular weight is 284 g/mol. The zero-order valence-electron chi connectivity index (χ0n) is 12.1. The third kappa shape index (κ3) is 3.85. The van der Waals surface area contributed by atoms with Crippen molar-refractivity contribution in [1.82, 2.24) is 9.80 Å². The summed E-state index contributed by atoms with van der Waals surface area (Å²) in [5, 5.41) is 9.07. The van der Waals surface area contributed by atoms with Crippen molar-refractivity contribution in [3.63, 3.8) is 0 Å². The van der Waals surface area contributed by atoms with Gasteiger partial charge in [-0.3, -0.25) is 4.79 Å². The number of carbonyl (C=O) groups excluding carboxylic acids is 1. The maximum absolute atomic E-state index is 12.4. The first kappa shape index (κ1) is 15.1. The molecule has 0 saturated carbocycles. The molecule has 2 aliphatic heterocycles. The van der Waals surface area contributed by atoms with Crippen molar-refractivity contribution in [1.29, 1.82) is 0 Å². The molecule has 20 heavy (non-hydrogen) atoms. The molecule has 2 saturated heterocycles. The minimum Gasteiger partial charge on any atom is -0.481 e. The summed E-state index contributed by atoms with van der Waals surface area (Å²) in [5.41, 5.74) is 0. The van der Waals surface area contributed by atoms with E-state index in [2.05, 4.69) is 0 Å². The van der Waals surface area contributed by atoms with Gasteiger partial charge in [0, 0.05) is 39.9 Å². The van der Waals surface area contributed by atoms with Crippen LogP contribution in [0.4, 0.5) is 4.79 Å². The first-order valence-electron chi connectivity index (χ1n) is 7.38. The molecule has 0 aromatic heterocycles. The third-order valence-electron chi connectivity index (χ3n) is 4.24. The molecular formula is C14H24N2O4. The highest BCUT2D eigenvalue weighted by Gasteiger charge is 2.30. The molecule has 114 valence electrons. The molecule has 2 aliphatic rings. The normalized spacial score (nSPS) is 24.4. The Kier molecular flexibility index (Phi) is 5.23. The lowest BCUT2D eigenvalue weighted by atomic mass is 9.98. The van der Waals surface area contributed by atoms with Crippen molar-refractivity contribution in [2.45, 2.75) is 25.7 Å². The van der Waals surface area contributed by atoms with Crippen LogP contribution >= 0.6 is 0 Å². The largest absolute Gasteiger partial charge is 0.481 e. The van der Waals surface area contributed by atoms with Crippen LogP contribution in [0, 0.1) is 11.8 Å². The maximum atomic E-state index is 12.4. The van der Waals surface area contributed by atoms with Gasteiger partial charge in [0.15, 0.2) is 0 Å². The number of carboxylic acid groups (broad SMARTS) is 1. The van der Waals surface area contributed by atoms with Gasteiger partial charge in [-0.25, -0.2) is 4.79 Å². The van der Waals surface area contributed by atoms with Crippen LogP contribution in [0.25, 0.3) is 0 Å². The molecule has 2 rings (SSSR count). The smallest absolute Gasteiger partial charge is 0.319 e. The van der Waals surface area contributed by atoms with Crippen molar-refractivity contribution >= 4 is 12.0 Å². The number of nitrogens with zero attached hydrogens (tertiary/aromatic N) is 2. The maximum Gasteiger partial charge on any atom is 0.319 e. The SMILES string of the molecule is CN(CC1CCOCC1)C(=O)N1CCC[C@H](C(=O)O)C1. The number of amides is 2. The Morgan fingerprint density at radius 2 is 2.00 bits per heavy atom. The fourth-order valence-electron chi connectivity index (χ4n) is 2.99. The van der Waals surface area contributed by atoms with Crippen LogP contribution < -0.4 is 0 Å². The van der Waals surface area contributed by atoms with Gasteiger partial charge in [-0.1, -0.05) is 0 Å². The van der Waals surface area contributed by atoms with Crippen LogP contribution in [0.15, 0.2) is 0 Å². The minimum absolute atomic E-state index is 0.0394. The summed E-state index contributed by atoms with van der Waals surface area (Å²) in [6, 6.07) is -0.0394. The molecule has 0 unspecified atom stereocenters. The molecule has 0 aromatic carbocycles. The van der Waals surface area contributed by atoms with Gasteiger partial charge in [0.25, 0.3) is 0 Å². The molecule has 2 heterocycles. The van der Waals surface area contributed by atoms with Crippen molar-refractivity contribution in [2.24, 2.45) is 11.8 Å². The van der Waals surface area contributed by atoms with Crippen molar-refractivity contribution in [3.05, 3.63) is 0 Å². The summed E-state index contributed by atoms with van der Waals surface area (Å²) in [6.07, 6.45) is 3.43. The molecular weight excluding hydrogens is 260 g/mol. The third-order valence-corrected chi connectivity index (χ3v) is 4.24. The van der Waals surface area contributed by atoms with Crippen LogP contribution in [0.2, 0.25) is 0 Å². The van der Waals surface area contributed by atoms with E-state index in [1.165, 1.54) is 0 Å². The molecule has 0 aromatic rings. The van der Waals surface area contributed by atoms with Crippen LogP contribution in [0.3, 0.4) is 0 Å². The van der Waals surface area contributed by atoms with Crippen molar-refractivity contribution in [2.75, 3.05) is 39.9 Å². The zero-order chi connectivity index (χ0) is 14.5. The Bertz CT molecular complexity index is 355. The quantitative estimate of drug-likeness (QED) is 0.847. The van der Waals surface area contributed by atoms with E-state index in [-0.39, 0.29) is 6.03 Å². The predicted octanol–water partition coefficient (Wildman–Crippen LogP) is 1.26. The van der Waals surface area contributed by atoms with Crippen LogP contribution in [0.5, 0.6) is 0 Å². The predicted molar refractivity (Wildman–Crippen MR) is 73.5 cm³/mol. The molecule has 2 amide bonds. The van der Waals surface area contributed by atoms with Crippen LogP contribution in [0.1, 0.15) is 25.7 Å². The second-order valence-corrected chi connectivity index (χ2v) is 5.84. The Hall–Kier alpha value is -1.30. The lowest BCUT2D eigenvalue weighted by molar-refractivity contribution is -0.143. The minimum atomic E-state index is -0.797. The van der Waals surface area contributed by atoms with E-state index in [4.69, 9.17) is 9.84 Å². The van der Waals surface area contributed by atoms with Gasteiger partial charge in [-0.2, -0.15) is 0 Å². The second-order valence-electron chi connectivity index (χ2n) is 5.84. The average Bonchev–Trinajstić information content (AvgIpc) is 2.47. The van der Waals surface area contributed by atoms with Gasteiger partial charge in [0.2, 0.25) is 0 Å². The summed E-state index contributed by atoms with van der Waals surface area (Å²) in [4.78, 5) is 26.8. The van der Waals surface area contributed by atoms with Crippen LogP contribution in [-0.4, -0.2) is 66.8 Å². The van der Waals surface area contributed by atoms with Gasteiger partial charge in [0.1, 0.15) is 0 Å². The highest BCUT2D eigenvalue weighted by Crippen LogP contribution is 2.20. The van der Waals surface area contributed by atoms with E-state index >= 15 is 0 Å². The zero-order valence-corrected chi connectivity index (χ0v) is 12.1. The fraction of sp³-hybridized carbons (Fsp3) is 0.857. The Morgan fingerprint density at radius 1 is 1.30 bits per heavy atom. The summed E-state index contributed by atoms with van der Waals surface area (Å²) < 4.78 is 5.32. The fourth-order valence-corrected chi connectivity index (χ4v) is 2.99. The monoisotopic (exact) mass is 284 g/mol. The Labute approximate surface area is 119 Å². The number of carbonyl (C=O) groups is 2. The number of hydrogen-bond donors (Lipinski definition) is 1. The standard InChI is InChI=1S/C14H24N2O4/c1-15(9-11-4-7-20-8-5-11)14(19)16-6-2-3-12(10-16)13(17)18/h11-12H,2-10H2,1H3,(H,17,18)/t12-/m0/s1. The number of urea groups is 1. The first-order valence-corrected chi connectivity index (χ1v) is 7.38. The number of carboxylic acids is 1. The van der Waals surface area contributed by atoms with Crippen molar-refractivity contribution in [3.8, 4) is 0 Å². The lowest BCUT2D eigenvalue weighted by Crippen LogP contribution is -2.48. The van der Waals surface area contributed by atoms with Crippen molar-refractivity contribution < 1.29 is 19.4 Å².